The fourth-order valence-electron chi connectivity index (χ4n) is 3.41. The van der Waals surface area contributed by atoms with E-state index in [4.69, 9.17) is 5.73 Å². The van der Waals surface area contributed by atoms with E-state index in [-0.39, 0.29) is 49.8 Å². The van der Waals surface area contributed by atoms with E-state index in [0.29, 0.717) is 12.1 Å². The van der Waals surface area contributed by atoms with Crippen LogP contribution in [0.1, 0.15) is 30.6 Å². The summed E-state index contributed by atoms with van der Waals surface area (Å²) in [5, 5.41) is 9.09. The van der Waals surface area contributed by atoms with Crippen molar-refractivity contribution in [3.8, 4) is 0 Å². The fourth-order valence-corrected chi connectivity index (χ4v) is 3.41. The number of hydrogen-bond donors (Lipinski definition) is 2. The van der Waals surface area contributed by atoms with Crippen molar-refractivity contribution >= 4 is 24.2 Å². The van der Waals surface area contributed by atoms with Crippen LogP contribution in [0.25, 0.3) is 0 Å². The van der Waals surface area contributed by atoms with E-state index < -0.39 is 59.8 Å². The maximum absolute atomic E-state index is 14.1. The van der Waals surface area contributed by atoms with Crippen LogP contribution in [0.5, 0.6) is 0 Å². The highest BCUT2D eigenvalue weighted by molar-refractivity contribution is 5.85. The van der Waals surface area contributed by atoms with Crippen molar-refractivity contribution in [3.63, 3.8) is 0 Å². The number of nitrogens with zero attached hydrogens (tertiary/aromatic N) is 4. The SMILES string of the molecule is CC(N)C(=O)NC(CC(=O)N1CCn2c(nnc2C(F)(F)F)C1)Cc1cc(F)c(F)cc1F.Cl. The van der Waals surface area contributed by atoms with Crippen LogP contribution in [0.15, 0.2) is 12.1 Å². The zero-order chi connectivity index (χ0) is 24.5. The molecule has 188 valence electrons. The van der Waals surface area contributed by atoms with E-state index in [1.54, 1.807) is 0 Å². The fraction of sp³-hybridized carbons (Fsp3) is 0.474. The first kappa shape index (κ1) is 27.4. The van der Waals surface area contributed by atoms with E-state index >= 15 is 0 Å². The van der Waals surface area contributed by atoms with E-state index in [9.17, 15) is 35.9 Å². The number of nitrogens with one attached hydrogen (secondary N) is 1. The number of halogens is 7. The third-order valence-corrected chi connectivity index (χ3v) is 5.10. The Morgan fingerprint density at radius 2 is 1.76 bits per heavy atom. The van der Waals surface area contributed by atoms with Crippen LogP contribution in [0.2, 0.25) is 0 Å². The number of benzene rings is 1. The Morgan fingerprint density at radius 1 is 1.12 bits per heavy atom. The number of carbonyl (C=O) groups excluding carboxylic acids is 2. The molecule has 2 atom stereocenters. The van der Waals surface area contributed by atoms with Crippen molar-refractivity contribution in [3.05, 3.63) is 46.8 Å². The molecule has 0 fully saturated rings. The third kappa shape index (κ3) is 6.17. The lowest BCUT2D eigenvalue weighted by Crippen LogP contribution is -2.48. The van der Waals surface area contributed by atoms with Gasteiger partial charge >= 0.3 is 6.18 Å². The topological polar surface area (TPSA) is 106 Å². The van der Waals surface area contributed by atoms with Gasteiger partial charge in [-0.3, -0.25) is 9.59 Å². The van der Waals surface area contributed by atoms with Gasteiger partial charge in [0.05, 0.1) is 12.6 Å². The number of rotatable bonds is 6. The first-order chi connectivity index (χ1) is 15.4. The predicted molar refractivity (Wildman–Crippen MR) is 108 cm³/mol. The van der Waals surface area contributed by atoms with E-state index in [1.165, 1.54) is 11.8 Å². The Bertz CT molecular complexity index is 1060. The van der Waals surface area contributed by atoms with Crippen molar-refractivity contribution in [1.82, 2.24) is 25.0 Å². The third-order valence-electron chi connectivity index (χ3n) is 5.10. The first-order valence-corrected chi connectivity index (χ1v) is 9.83. The number of fused-ring (bicyclic) bond motifs is 1. The van der Waals surface area contributed by atoms with E-state index in [0.717, 1.165) is 4.57 Å². The predicted octanol–water partition coefficient (Wildman–Crippen LogP) is 1.94. The Morgan fingerprint density at radius 3 is 2.38 bits per heavy atom. The van der Waals surface area contributed by atoms with Gasteiger partial charge in [0.25, 0.3) is 0 Å². The Labute approximate surface area is 195 Å². The van der Waals surface area contributed by atoms with E-state index in [1.807, 2.05) is 0 Å². The highest BCUT2D eigenvalue weighted by Crippen LogP contribution is 2.29. The van der Waals surface area contributed by atoms with Crippen molar-refractivity contribution < 1.29 is 35.9 Å². The molecule has 34 heavy (non-hydrogen) atoms. The molecule has 3 rings (SSSR count). The molecule has 3 N–H and O–H groups in total. The second-order valence-corrected chi connectivity index (χ2v) is 7.66. The van der Waals surface area contributed by atoms with Crippen molar-refractivity contribution in [2.45, 2.75) is 51.1 Å². The van der Waals surface area contributed by atoms with Crippen LogP contribution in [0.4, 0.5) is 26.3 Å². The van der Waals surface area contributed by atoms with Crippen LogP contribution in [-0.2, 0) is 35.3 Å². The van der Waals surface area contributed by atoms with Gasteiger partial charge in [-0.2, -0.15) is 13.2 Å². The van der Waals surface area contributed by atoms with Crippen LogP contribution in [0.3, 0.4) is 0 Å². The summed E-state index contributed by atoms with van der Waals surface area (Å²) in [4.78, 5) is 26.1. The minimum atomic E-state index is -4.69. The zero-order valence-electron chi connectivity index (χ0n) is 17.7. The molecule has 8 nitrogen and oxygen atoms in total. The molecular formula is C19H21ClF6N6O2. The van der Waals surface area contributed by atoms with Crippen molar-refractivity contribution in [2.24, 2.45) is 5.73 Å². The average Bonchev–Trinajstić information content (AvgIpc) is 3.15. The molecule has 0 saturated carbocycles. The Hall–Kier alpha value is -2.87. The molecule has 2 aromatic rings. The lowest BCUT2D eigenvalue weighted by Gasteiger charge is -2.30. The summed E-state index contributed by atoms with van der Waals surface area (Å²) >= 11 is 0. The summed E-state index contributed by atoms with van der Waals surface area (Å²) in [6, 6.07) is -1.03. The van der Waals surface area contributed by atoms with Gasteiger partial charge in [0.15, 0.2) is 17.5 Å². The lowest BCUT2D eigenvalue weighted by atomic mass is 10.0. The molecule has 0 saturated heterocycles. The summed E-state index contributed by atoms with van der Waals surface area (Å²) in [7, 11) is 0. The molecule has 0 bridgehead atoms. The molecule has 0 radical (unpaired) electrons. The highest BCUT2D eigenvalue weighted by Gasteiger charge is 2.40. The number of alkyl halides is 3. The average molecular weight is 515 g/mol. The largest absolute Gasteiger partial charge is 0.451 e. The smallest absolute Gasteiger partial charge is 0.351 e. The summed E-state index contributed by atoms with van der Waals surface area (Å²) in [5.74, 6) is -6.22. The summed E-state index contributed by atoms with van der Waals surface area (Å²) in [5.41, 5.74) is 5.24. The summed E-state index contributed by atoms with van der Waals surface area (Å²) < 4.78 is 80.7. The molecule has 0 spiro atoms. The van der Waals surface area contributed by atoms with Crippen LogP contribution < -0.4 is 11.1 Å². The molecule has 1 aromatic carbocycles. The van der Waals surface area contributed by atoms with Crippen LogP contribution in [0, 0.1) is 17.5 Å². The number of hydrogen-bond acceptors (Lipinski definition) is 5. The normalized spacial score (nSPS) is 15.2. The van der Waals surface area contributed by atoms with E-state index in [2.05, 4.69) is 15.5 Å². The molecular weight excluding hydrogens is 494 g/mol. The number of nitrogens with two attached hydrogens (primary N) is 1. The van der Waals surface area contributed by atoms with Gasteiger partial charge < -0.3 is 20.5 Å². The molecule has 1 aliphatic rings. The number of aromatic nitrogens is 3. The molecule has 15 heteroatoms. The molecule has 0 aliphatic carbocycles. The van der Waals surface area contributed by atoms with Gasteiger partial charge in [0.2, 0.25) is 17.6 Å². The van der Waals surface area contributed by atoms with Gasteiger partial charge in [-0.25, -0.2) is 13.2 Å². The molecule has 2 unspecified atom stereocenters. The van der Waals surface area contributed by atoms with Gasteiger partial charge in [0.1, 0.15) is 5.82 Å². The first-order valence-electron chi connectivity index (χ1n) is 9.83. The van der Waals surface area contributed by atoms with Gasteiger partial charge in [-0.15, -0.1) is 22.6 Å². The Kier molecular flexibility index (Phi) is 8.53. The Balaban J connectivity index is 0.00000408. The zero-order valence-corrected chi connectivity index (χ0v) is 18.5. The van der Waals surface area contributed by atoms with Gasteiger partial charge in [-0.05, 0) is 25.0 Å². The van der Waals surface area contributed by atoms with Crippen LogP contribution in [-0.4, -0.2) is 50.1 Å². The minimum absolute atomic E-state index is 0. The molecule has 2 heterocycles. The van der Waals surface area contributed by atoms with Crippen molar-refractivity contribution in [1.29, 1.82) is 0 Å². The quantitative estimate of drug-likeness (QED) is 0.453. The maximum Gasteiger partial charge on any atom is 0.451 e. The monoisotopic (exact) mass is 514 g/mol. The lowest BCUT2D eigenvalue weighted by molar-refractivity contribution is -0.148. The number of carbonyl (C=O) groups is 2. The molecule has 1 aromatic heterocycles. The minimum Gasteiger partial charge on any atom is -0.351 e. The standard InChI is InChI=1S/C19H20F6N6O2.ClH/c1-9(26)17(33)27-11(4-10-5-13(21)14(22)7-12(10)20)6-16(32)30-2-3-31-15(8-30)28-29-18(31)19(23,24)25;/h5,7,9,11H,2-4,6,8,26H2,1H3,(H,27,33);1H. The summed E-state index contributed by atoms with van der Waals surface area (Å²) in [6.45, 7) is 0.843. The van der Waals surface area contributed by atoms with Crippen LogP contribution >= 0.6 is 12.4 Å². The summed E-state index contributed by atoms with van der Waals surface area (Å²) in [6.07, 6.45) is -5.44. The van der Waals surface area contributed by atoms with Gasteiger partial charge in [-0.1, -0.05) is 0 Å². The van der Waals surface area contributed by atoms with Crippen molar-refractivity contribution in [2.75, 3.05) is 6.54 Å². The highest BCUT2D eigenvalue weighted by atomic mass is 35.5. The molecule has 2 amide bonds. The molecule has 1 aliphatic heterocycles. The second-order valence-electron chi connectivity index (χ2n) is 7.66. The second kappa shape index (κ2) is 10.6. The maximum atomic E-state index is 14.1. The van der Waals surface area contributed by atoms with Gasteiger partial charge in [0, 0.05) is 31.6 Å². The number of amides is 2.